The Kier molecular flexibility index (Phi) is 5.82. The molecule has 146 valence electrons. The minimum atomic E-state index is 0.425. The SMILES string of the molecule is COc1ccc(CN[C@H]2CCCN(c3ncccn3)C2)cc1Cn1cccn1. The fraction of sp³-hybridized carbons (Fsp3) is 0.381. The molecule has 0 aliphatic carbocycles. The van der Waals surface area contributed by atoms with Gasteiger partial charge in [-0.15, -0.1) is 0 Å². The van der Waals surface area contributed by atoms with Gasteiger partial charge in [-0.1, -0.05) is 6.07 Å². The van der Waals surface area contributed by atoms with E-state index in [0.29, 0.717) is 12.6 Å². The standard InChI is InChI=1S/C21H26N6O/c1-28-20-7-6-17(13-18(20)15-27-12-4-10-25-27)14-24-19-5-2-11-26(16-19)21-22-8-3-9-23-21/h3-4,6-10,12-13,19,24H,2,5,11,14-16H2,1H3/t19-/m0/s1. The summed E-state index contributed by atoms with van der Waals surface area (Å²) >= 11 is 0. The number of methoxy groups -OCH3 is 1. The van der Waals surface area contributed by atoms with Gasteiger partial charge in [-0.05, 0) is 42.7 Å². The third-order valence-electron chi connectivity index (χ3n) is 5.09. The lowest BCUT2D eigenvalue weighted by atomic mass is 10.0. The molecule has 7 heteroatoms. The van der Waals surface area contributed by atoms with E-state index in [9.17, 15) is 0 Å². The van der Waals surface area contributed by atoms with Crippen molar-refractivity contribution in [3.05, 3.63) is 66.2 Å². The van der Waals surface area contributed by atoms with Crippen LogP contribution in [0.15, 0.2) is 55.1 Å². The fourth-order valence-corrected chi connectivity index (χ4v) is 3.68. The molecular weight excluding hydrogens is 352 g/mol. The van der Waals surface area contributed by atoms with E-state index in [4.69, 9.17) is 4.74 Å². The van der Waals surface area contributed by atoms with Gasteiger partial charge in [0.1, 0.15) is 5.75 Å². The summed E-state index contributed by atoms with van der Waals surface area (Å²) in [6, 6.07) is 10.6. The minimum Gasteiger partial charge on any atom is -0.496 e. The van der Waals surface area contributed by atoms with Gasteiger partial charge >= 0.3 is 0 Å². The van der Waals surface area contributed by atoms with Crippen LogP contribution in [-0.4, -0.2) is 46.0 Å². The molecule has 3 aromatic rings. The van der Waals surface area contributed by atoms with Crippen LogP contribution in [0.25, 0.3) is 0 Å². The van der Waals surface area contributed by atoms with Crippen molar-refractivity contribution in [2.24, 2.45) is 0 Å². The van der Waals surface area contributed by atoms with Crippen LogP contribution in [0.1, 0.15) is 24.0 Å². The summed E-state index contributed by atoms with van der Waals surface area (Å²) in [6.45, 7) is 3.47. The van der Waals surface area contributed by atoms with Crippen LogP contribution in [0, 0.1) is 0 Å². The average molecular weight is 378 g/mol. The fourth-order valence-electron chi connectivity index (χ4n) is 3.68. The summed E-state index contributed by atoms with van der Waals surface area (Å²) in [5.41, 5.74) is 2.38. The number of nitrogens with one attached hydrogen (secondary N) is 1. The second kappa shape index (κ2) is 8.84. The summed E-state index contributed by atoms with van der Waals surface area (Å²) in [7, 11) is 1.71. The number of aromatic nitrogens is 4. The van der Waals surface area contributed by atoms with E-state index in [1.54, 1.807) is 25.7 Å². The maximum absolute atomic E-state index is 5.52. The van der Waals surface area contributed by atoms with Crippen molar-refractivity contribution in [3.8, 4) is 5.75 Å². The van der Waals surface area contributed by atoms with E-state index in [1.165, 1.54) is 12.0 Å². The van der Waals surface area contributed by atoms with Crippen LogP contribution in [-0.2, 0) is 13.1 Å². The molecule has 0 amide bonds. The first kappa shape index (κ1) is 18.4. The monoisotopic (exact) mass is 378 g/mol. The van der Waals surface area contributed by atoms with E-state index < -0.39 is 0 Å². The number of hydrogen-bond donors (Lipinski definition) is 1. The molecule has 0 unspecified atom stereocenters. The van der Waals surface area contributed by atoms with Crippen LogP contribution in [0.3, 0.4) is 0 Å². The zero-order chi connectivity index (χ0) is 19.2. The predicted molar refractivity (Wildman–Crippen MR) is 108 cm³/mol. The van der Waals surface area contributed by atoms with E-state index in [1.807, 2.05) is 29.1 Å². The van der Waals surface area contributed by atoms with Gasteiger partial charge in [0, 0.05) is 56.0 Å². The van der Waals surface area contributed by atoms with Crippen molar-refractivity contribution in [1.29, 1.82) is 0 Å². The molecule has 0 radical (unpaired) electrons. The normalized spacial score (nSPS) is 16.9. The zero-order valence-electron chi connectivity index (χ0n) is 16.2. The van der Waals surface area contributed by atoms with Gasteiger partial charge in [0.25, 0.3) is 0 Å². The number of hydrogen-bond acceptors (Lipinski definition) is 6. The highest BCUT2D eigenvalue weighted by Gasteiger charge is 2.21. The lowest BCUT2D eigenvalue weighted by molar-refractivity contribution is 0.405. The van der Waals surface area contributed by atoms with E-state index in [0.717, 1.165) is 43.3 Å². The molecule has 1 aliphatic rings. The largest absolute Gasteiger partial charge is 0.496 e. The van der Waals surface area contributed by atoms with Crippen molar-refractivity contribution in [2.45, 2.75) is 32.0 Å². The molecule has 1 saturated heterocycles. The average Bonchev–Trinajstić information content (AvgIpc) is 3.26. The Bertz CT molecular complexity index is 868. The Morgan fingerprint density at radius 3 is 2.86 bits per heavy atom. The zero-order valence-corrected chi connectivity index (χ0v) is 16.2. The number of anilines is 1. The Labute approximate surface area is 165 Å². The van der Waals surface area contributed by atoms with Crippen molar-refractivity contribution in [3.63, 3.8) is 0 Å². The maximum Gasteiger partial charge on any atom is 0.225 e. The molecule has 28 heavy (non-hydrogen) atoms. The summed E-state index contributed by atoms with van der Waals surface area (Å²) in [6.07, 6.45) is 9.67. The van der Waals surface area contributed by atoms with Crippen molar-refractivity contribution in [2.75, 3.05) is 25.1 Å². The third-order valence-corrected chi connectivity index (χ3v) is 5.09. The molecule has 0 saturated carbocycles. The number of nitrogens with zero attached hydrogens (tertiary/aromatic N) is 5. The van der Waals surface area contributed by atoms with Crippen LogP contribution < -0.4 is 15.0 Å². The van der Waals surface area contributed by atoms with E-state index in [-0.39, 0.29) is 0 Å². The van der Waals surface area contributed by atoms with Gasteiger partial charge in [0.05, 0.1) is 13.7 Å². The number of ether oxygens (including phenoxy) is 1. The molecule has 0 bridgehead atoms. The highest BCUT2D eigenvalue weighted by atomic mass is 16.5. The van der Waals surface area contributed by atoms with Gasteiger partial charge in [-0.3, -0.25) is 4.68 Å². The van der Waals surface area contributed by atoms with Gasteiger partial charge in [-0.25, -0.2) is 9.97 Å². The number of piperidine rings is 1. The Morgan fingerprint density at radius 1 is 1.18 bits per heavy atom. The maximum atomic E-state index is 5.52. The quantitative estimate of drug-likeness (QED) is 0.681. The smallest absolute Gasteiger partial charge is 0.225 e. The second-order valence-electron chi connectivity index (χ2n) is 7.06. The summed E-state index contributed by atoms with van der Waals surface area (Å²) in [4.78, 5) is 11.0. The first-order chi connectivity index (χ1) is 13.8. The van der Waals surface area contributed by atoms with Gasteiger partial charge < -0.3 is 15.0 Å². The van der Waals surface area contributed by atoms with Crippen LogP contribution >= 0.6 is 0 Å². The summed E-state index contributed by atoms with van der Waals surface area (Å²) in [5.74, 6) is 1.71. The van der Waals surface area contributed by atoms with Crippen molar-refractivity contribution >= 4 is 5.95 Å². The van der Waals surface area contributed by atoms with E-state index >= 15 is 0 Å². The molecule has 1 atom stereocenters. The van der Waals surface area contributed by atoms with Gasteiger partial charge in [0.2, 0.25) is 5.95 Å². The molecule has 7 nitrogen and oxygen atoms in total. The summed E-state index contributed by atoms with van der Waals surface area (Å²) in [5, 5.41) is 8.00. The molecule has 0 spiro atoms. The lowest BCUT2D eigenvalue weighted by Crippen LogP contribution is -2.46. The molecule has 3 heterocycles. The molecular formula is C21H26N6O. The first-order valence-electron chi connectivity index (χ1n) is 9.70. The van der Waals surface area contributed by atoms with Crippen LogP contribution in [0.2, 0.25) is 0 Å². The first-order valence-corrected chi connectivity index (χ1v) is 9.70. The third kappa shape index (κ3) is 4.48. The van der Waals surface area contributed by atoms with Gasteiger partial charge in [-0.2, -0.15) is 5.10 Å². The Morgan fingerprint density at radius 2 is 2.07 bits per heavy atom. The molecule has 1 fully saturated rings. The van der Waals surface area contributed by atoms with Crippen LogP contribution in [0.5, 0.6) is 5.75 Å². The van der Waals surface area contributed by atoms with Crippen molar-refractivity contribution < 1.29 is 4.74 Å². The van der Waals surface area contributed by atoms with Gasteiger partial charge in [0.15, 0.2) is 0 Å². The number of rotatable bonds is 7. The highest BCUT2D eigenvalue weighted by molar-refractivity contribution is 5.37. The summed E-state index contributed by atoms with van der Waals surface area (Å²) < 4.78 is 7.44. The Hall–Kier alpha value is -2.93. The number of benzene rings is 1. The molecule has 1 aromatic carbocycles. The minimum absolute atomic E-state index is 0.425. The Balaban J connectivity index is 1.39. The molecule has 4 rings (SSSR count). The second-order valence-corrected chi connectivity index (χ2v) is 7.06. The van der Waals surface area contributed by atoms with Crippen molar-refractivity contribution in [1.82, 2.24) is 25.1 Å². The topological polar surface area (TPSA) is 68.1 Å². The van der Waals surface area contributed by atoms with E-state index in [2.05, 4.69) is 37.4 Å². The molecule has 1 aliphatic heterocycles. The molecule has 2 aromatic heterocycles. The highest BCUT2D eigenvalue weighted by Crippen LogP contribution is 2.21. The van der Waals surface area contributed by atoms with Crippen LogP contribution in [0.4, 0.5) is 5.95 Å². The predicted octanol–water partition coefficient (Wildman–Crippen LogP) is 2.49. The molecule has 1 N–H and O–H groups in total. The lowest BCUT2D eigenvalue weighted by Gasteiger charge is -2.33.